The molecule has 1 aromatic heterocycles. The van der Waals surface area contributed by atoms with Crippen LogP contribution in [0.15, 0.2) is 30.3 Å². The summed E-state index contributed by atoms with van der Waals surface area (Å²) in [6, 6.07) is 5.21. The molecule has 0 aliphatic rings. The minimum absolute atomic E-state index is 0.131. The van der Waals surface area contributed by atoms with Crippen LogP contribution in [0.5, 0.6) is 11.5 Å². The van der Waals surface area contributed by atoms with Crippen LogP contribution in [0.1, 0.15) is 43.8 Å². The van der Waals surface area contributed by atoms with E-state index >= 15 is 0 Å². The number of hydrogen-bond acceptors (Lipinski definition) is 6. The van der Waals surface area contributed by atoms with Crippen molar-refractivity contribution in [2.24, 2.45) is 5.92 Å². The summed E-state index contributed by atoms with van der Waals surface area (Å²) in [5.41, 5.74) is -0.366. The van der Waals surface area contributed by atoms with Gasteiger partial charge in [0, 0.05) is 18.6 Å². The van der Waals surface area contributed by atoms with Crippen LogP contribution in [0.4, 0.5) is 23.4 Å². The molecule has 0 aliphatic carbocycles. The Bertz CT molecular complexity index is 1180. The topological polar surface area (TPSA) is 65.5 Å². The second-order valence-corrected chi connectivity index (χ2v) is 8.63. The highest BCUT2D eigenvalue weighted by molar-refractivity contribution is 5.92. The van der Waals surface area contributed by atoms with Crippen LogP contribution in [0.3, 0.4) is 0 Å². The lowest BCUT2D eigenvalue weighted by molar-refractivity contribution is -0.137. The molecule has 10 heteroatoms. The molecule has 0 bridgehead atoms. The first-order valence-corrected chi connectivity index (χ1v) is 11.1. The highest BCUT2D eigenvalue weighted by atomic mass is 19.4. The molecule has 190 valence electrons. The third kappa shape index (κ3) is 6.30. The van der Waals surface area contributed by atoms with E-state index < -0.39 is 23.6 Å². The van der Waals surface area contributed by atoms with Crippen LogP contribution < -0.4 is 14.8 Å². The normalized spacial score (nSPS) is 13.7. The van der Waals surface area contributed by atoms with E-state index in [2.05, 4.69) is 15.3 Å². The molecule has 0 saturated carbocycles. The van der Waals surface area contributed by atoms with E-state index in [1.165, 1.54) is 7.11 Å². The van der Waals surface area contributed by atoms with Gasteiger partial charge in [-0.25, -0.2) is 14.4 Å². The van der Waals surface area contributed by atoms with Gasteiger partial charge in [0.25, 0.3) is 0 Å². The molecule has 0 radical (unpaired) electrons. The number of nitrogens with zero attached hydrogens (tertiary/aromatic N) is 2. The minimum Gasteiger partial charge on any atom is -0.493 e. The van der Waals surface area contributed by atoms with Crippen molar-refractivity contribution in [2.45, 2.75) is 46.0 Å². The van der Waals surface area contributed by atoms with Gasteiger partial charge in [0.2, 0.25) is 0 Å². The van der Waals surface area contributed by atoms with Gasteiger partial charge < -0.3 is 19.5 Å². The number of benzene rings is 2. The Kier molecular flexibility index (Phi) is 8.04. The van der Waals surface area contributed by atoms with Crippen LogP contribution in [-0.2, 0) is 10.9 Å². The number of aryl methyl sites for hydroxylation is 1. The Morgan fingerprint density at radius 1 is 0.971 bits per heavy atom. The molecule has 3 aromatic rings. The van der Waals surface area contributed by atoms with Crippen LogP contribution in [-0.4, -0.2) is 36.9 Å². The number of nitrogens with one attached hydrogen (secondary N) is 1. The predicted molar refractivity (Wildman–Crippen MR) is 125 cm³/mol. The fourth-order valence-corrected chi connectivity index (χ4v) is 3.62. The molecular formula is C25H29F4N3O3. The first-order chi connectivity index (χ1) is 16.4. The molecule has 1 unspecified atom stereocenters. The lowest BCUT2D eigenvalue weighted by Gasteiger charge is -2.24. The van der Waals surface area contributed by atoms with Crippen molar-refractivity contribution in [1.82, 2.24) is 9.97 Å². The molecular weight excluding hydrogens is 466 g/mol. The zero-order valence-electron chi connectivity index (χ0n) is 20.5. The summed E-state index contributed by atoms with van der Waals surface area (Å²) in [5, 5.41) is 3.68. The molecule has 0 saturated heterocycles. The molecule has 35 heavy (non-hydrogen) atoms. The smallest absolute Gasteiger partial charge is 0.416 e. The number of methoxy groups -OCH3 is 2. The van der Waals surface area contributed by atoms with Crippen molar-refractivity contribution < 1.29 is 31.8 Å². The number of ether oxygens (including phenoxy) is 3. The fourth-order valence-electron chi connectivity index (χ4n) is 3.62. The van der Waals surface area contributed by atoms with Gasteiger partial charge in [-0.2, -0.15) is 13.2 Å². The third-order valence-corrected chi connectivity index (χ3v) is 5.55. The fraction of sp³-hybridized carbons (Fsp3) is 0.440. The van der Waals surface area contributed by atoms with Crippen LogP contribution in [0, 0.1) is 18.7 Å². The highest BCUT2D eigenvalue weighted by Crippen LogP contribution is 2.37. The van der Waals surface area contributed by atoms with Gasteiger partial charge in [0.15, 0.2) is 11.5 Å². The van der Waals surface area contributed by atoms with Crippen molar-refractivity contribution in [2.75, 3.05) is 26.1 Å². The lowest BCUT2D eigenvalue weighted by Crippen LogP contribution is -2.28. The summed E-state index contributed by atoms with van der Waals surface area (Å²) in [7, 11) is 3.11. The minimum atomic E-state index is -4.66. The molecule has 0 spiro atoms. The maximum Gasteiger partial charge on any atom is 0.416 e. The Hall–Kier alpha value is -3.14. The summed E-state index contributed by atoms with van der Waals surface area (Å²) in [6.07, 6.45) is -4.91. The molecule has 0 fully saturated rings. The van der Waals surface area contributed by atoms with Gasteiger partial charge in [0.05, 0.1) is 30.8 Å². The standard InChI is InChI=1S/C25H29F4N3O3/c1-13(2)23(12-33-5)35-22-10-19-20(11-21(22)34-6)31-15(4)32-24(19)30-14(3)16-7-17(25(27,28)29)9-18(26)8-16/h7-11,13-14,23H,12H2,1-6H3,(H,30,31,32)/t14-,23?/m1/s1. The summed E-state index contributed by atoms with van der Waals surface area (Å²) < 4.78 is 70.5. The number of alkyl halides is 3. The Balaban J connectivity index is 2.04. The number of anilines is 1. The predicted octanol–water partition coefficient (Wildman–Crippen LogP) is 6.33. The summed E-state index contributed by atoms with van der Waals surface area (Å²) in [5.74, 6) is 0.916. The van der Waals surface area contributed by atoms with Crippen molar-refractivity contribution in [1.29, 1.82) is 0 Å². The van der Waals surface area contributed by atoms with Crippen molar-refractivity contribution in [3.8, 4) is 11.5 Å². The van der Waals surface area contributed by atoms with Gasteiger partial charge >= 0.3 is 6.18 Å². The number of aromatic nitrogens is 2. The summed E-state index contributed by atoms with van der Waals surface area (Å²) in [6.45, 7) is 7.71. The first kappa shape index (κ1) is 26.5. The monoisotopic (exact) mass is 495 g/mol. The largest absolute Gasteiger partial charge is 0.493 e. The highest BCUT2D eigenvalue weighted by Gasteiger charge is 2.32. The average molecular weight is 496 g/mol. The molecule has 0 amide bonds. The second kappa shape index (κ2) is 10.6. The molecule has 1 N–H and O–H groups in total. The van der Waals surface area contributed by atoms with Crippen molar-refractivity contribution in [3.63, 3.8) is 0 Å². The van der Waals surface area contributed by atoms with Crippen LogP contribution >= 0.6 is 0 Å². The van der Waals surface area contributed by atoms with Crippen LogP contribution in [0.25, 0.3) is 10.9 Å². The number of halogens is 4. The van der Waals surface area contributed by atoms with E-state index in [-0.39, 0.29) is 17.6 Å². The Labute approximate surface area is 201 Å². The number of rotatable bonds is 9. The molecule has 6 nitrogen and oxygen atoms in total. The summed E-state index contributed by atoms with van der Waals surface area (Å²) in [4.78, 5) is 8.91. The van der Waals surface area contributed by atoms with E-state index in [0.29, 0.717) is 46.7 Å². The molecule has 0 aliphatic heterocycles. The second-order valence-electron chi connectivity index (χ2n) is 8.63. The van der Waals surface area contributed by atoms with E-state index in [1.807, 2.05) is 13.8 Å². The number of hydrogen-bond donors (Lipinski definition) is 1. The third-order valence-electron chi connectivity index (χ3n) is 5.55. The first-order valence-electron chi connectivity index (χ1n) is 11.1. The Morgan fingerprint density at radius 2 is 1.69 bits per heavy atom. The maximum absolute atomic E-state index is 14.0. The zero-order valence-corrected chi connectivity index (χ0v) is 20.5. The SMILES string of the molecule is COCC(Oc1cc2c(N[C@H](C)c3cc(F)cc(C(F)(F)F)c3)nc(C)nc2cc1OC)C(C)C. The quantitative estimate of drug-likeness (QED) is 0.350. The van der Waals surface area contributed by atoms with Gasteiger partial charge in [0.1, 0.15) is 23.6 Å². The zero-order chi connectivity index (χ0) is 25.9. The van der Waals surface area contributed by atoms with E-state index in [1.54, 1.807) is 33.1 Å². The molecule has 2 atom stereocenters. The van der Waals surface area contributed by atoms with Gasteiger partial charge in [-0.3, -0.25) is 0 Å². The summed E-state index contributed by atoms with van der Waals surface area (Å²) >= 11 is 0. The maximum atomic E-state index is 14.0. The van der Waals surface area contributed by atoms with Gasteiger partial charge in [-0.05, 0) is 49.6 Å². The average Bonchev–Trinajstić information content (AvgIpc) is 2.77. The van der Waals surface area contributed by atoms with Gasteiger partial charge in [-0.15, -0.1) is 0 Å². The van der Waals surface area contributed by atoms with Crippen LogP contribution in [0.2, 0.25) is 0 Å². The van der Waals surface area contributed by atoms with Gasteiger partial charge in [-0.1, -0.05) is 13.8 Å². The molecule has 1 heterocycles. The lowest BCUT2D eigenvalue weighted by atomic mass is 10.0. The molecule has 3 rings (SSSR count). The van der Waals surface area contributed by atoms with Crippen molar-refractivity contribution >= 4 is 16.7 Å². The van der Waals surface area contributed by atoms with E-state index in [0.717, 1.165) is 12.1 Å². The molecule has 2 aromatic carbocycles. The Morgan fingerprint density at radius 3 is 2.29 bits per heavy atom. The number of fused-ring (bicyclic) bond motifs is 1. The van der Waals surface area contributed by atoms with Crippen molar-refractivity contribution in [3.05, 3.63) is 53.1 Å². The van der Waals surface area contributed by atoms with E-state index in [4.69, 9.17) is 14.2 Å². The van der Waals surface area contributed by atoms with E-state index in [9.17, 15) is 17.6 Å².